The summed E-state index contributed by atoms with van der Waals surface area (Å²) in [5, 5.41) is 2.90. The van der Waals surface area contributed by atoms with E-state index in [-0.39, 0.29) is 5.91 Å². The molecule has 0 unspecified atom stereocenters. The molecule has 3 fully saturated rings. The number of Topliss-reactive ketones (excluding diaryl/α,β-unsaturated/α-hetero) is 1. The molecule has 0 spiro atoms. The molecule has 206 valence electrons. The molecule has 1 atom stereocenters. The fourth-order valence-corrected chi connectivity index (χ4v) is 6.33. The molecule has 4 aliphatic rings. The number of benzene rings is 1. The molecule has 1 aromatic rings. The number of nitrogens with zero attached hydrogens (tertiary/aromatic N) is 2. The summed E-state index contributed by atoms with van der Waals surface area (Å²) in [5.41, 5.74) is 5.63. The van der Waals surface area contributed by atoms with E-state index in [0.29, 0.717) is 60.8 Å². The van der Waals surface area contributed by atoms with Gasteiger partial charge in [-0.15, -0.1) is 0 Å². The van der Waals surface area contributed by atoms with E-state index in [2.05, 4.69) is 5.32 Å². The zero-order chi connectivity index (χ0) is 26.9. The molecule has 8 nitrogen and oxygen atoms in total. The number of nitrogens with one attached hydrogen (secondary N) is 1. The van der Waals surface area contributed by atoms with Crippen molar-refractivity contribution in [3.63, 3.8) is 0 Å². The number of hydrogen-bond acceptors (Lipinski definition) is 6. The van der Waals surface area contributed by atoms with Crippen LogP contribution in [0.1, 0.15) is 64.2 Å². The van der Waals surface area contributed by atoms with Gasteiger partial charge in [0, 0.05) is 19.5 Å². The summed E-state index contributed by atoms with van der Waals surface area (Å²) >= 11 is 1.55. The number of fused-ring (bicyclic) bond motifs is 1. The number of anilines is 2. The van der Waals surface area contributed by atoms with E-state index in [4.69, 9.17) is 5.73 Å². The van der Waals surface area contributed by atoms with Crippen LogP contribution in [0.15, 0.2) is 24.3 Å². The van der Waals surface area contributed by atoms with Gasteiger partial charge in [-0.1, -0.05) is 25.0 Å². The van der Waals surface area contributed by atoms with Gasteiger partial charge in [-0.05, 0) is 86.8 Å². The lowest BCUT2D eigenvalue weighted by molar-refractivity contribution is -0.144. The number of para-hydroxylation sites is 2. The maximum atomic E-state index is 14.3. The molecule has 3 amide bonds. The maximum absolute atomic E-state index is 14.3. The number of hydrogen-bond donors (Lipinski definition) is 2. The molecular formula is C29H40N4O4S. The fourth-order valence-electron chi connectivity index (χ4n) is 5.86. The van der Waals surface area contributed by atoms with Gasteiger partial charge in [-0.3, -0.25) is 19.2 Å². The number of thioether (sulfide) groups is 1. The zero-order valence-electron chi connectivity index (χ0n) is 22.3. The Bertz CT molecular complexity index is 1030. The van der Waals surface area contributed by atoms with E-state index >= 15 is 0 Å². The van der Waals surface area contributed by atoms with Crippen LogP contribution in [0, 0.1) is 17.8 Å². The van der Waals surface area contributed by atoms with Crippen molar-refractivity contribution in [2.24, 2.45) is 23.5 Å². The summed E-state index contributed by atoms with van der Waals surface area (Å²) in [6, 6.07) is 6.38. The van der Waals surface area contributed by atoms with Gasteiger partial charge in [0.1, 0.15) is 0 Å². The smallest absolute Gasteiger partial charge is 0.264 e. The minimum Gasteiger partial charge on any atom is -0.346 e. The first-order valence-electron chi connectivity index (χ1n) is 14.2. The van der Waals surface area contributed by atoms with Gasteiger partial charge in [0.05, 0.1) is 17.4 Å². The first-order valence-corrected chi connectivity index (χ1v) is 15.6. The van der Waals surface area contributed by atoms with Crippen LogP contribution in [-0.2, 0) is 19.2 Å². The largest absolute Gasteiger partial charge is 0.346 e. The minimum atomic E-state index is -2.40. The van der Waals surface area contributed by atoms with Gasteiger partial charge in [-0.25, -0.2) is 0 Å². The van der Waals surface area contributed by atoms with Gasteiger partial charge in [-0.2, -0.15) is 11.8 Å². The number of ketones is 1. The van der Waals surface area contributed by atoms with Crippen LogP contribution in [0.25, 0.3) is 0 Å². The standard InChI is InChI=1S/C29H40N4O4S/c1-38-15-14-22(31-25(34)16-19-6-2-3-7-19)26(35)29(30)27(36)32(17-20-10-11-20)23-8-4-5-9-24(23)33(28(29)37)18-21-12-13-21/h4-5,8-9,19-22H,2-3,6-7,10-18,30H2,1H3,(H,31,34)/t22-/m0/s1. The van der Waals surface area contributed by atoms with E-state index in [9.17, 15) is 19.2 Å². The molecule has 38 heavy (non-hydrogen) atoms. The molecule has 3 aliphatic carbocycles. The van der Waals surface area contributed by atoms with Crippen molar-refractivity contribution < 1.29 is 19.2 Å². The molecule has 5 rings (SSSR count). The van der Waals surface area contributed by atoms with E-state index in [0.717, 1.165) is 51.4 Å². The predicted molar refractivity (Wildman–Crippen MR) is 150 cm³/mol. The first kappa shape index (κ1) is 27.2. The van der Waals surface area contributed by atoms with Crippen LogP contribution in [0.5, 0.6) is 0 Å². The normalized spacial score (nSPS) is 22.3. The number of rotatable bonds is 12. The second-order valence-electron chi connectivity index (χ2n) is 11.6. The van der Waals surface area contributed by atoms with Crippen LogP contribution < -0.4 is 20.9 Å². The Morgan fingerprint density at radius 1 is 0.947 bits per heavy atom. The van der Waals surface area contributed by atoms with Crippen LogP contribution in [0.4, 0.5) is 11.4 Å². The second-order valence-corrected chi connectivity index (χ2v) is 12.6. The molecule has 9 heteroatoms. The lowest BCUT2D eigenvalue weighted by Crippen LogP contribution is -2.71. The highest BCUT2D eigenvalue weighted by Crippen LogP contribution is 2.41. The molecule has 0 saturated heterocycles. The van der Waals surface area contributed by atoms with Crippen molar-refractivity contribution >= 4 is 46.6 Å². The summed E-state index contributed by atoms with van der Waals surface area (Å²) in [7, 11) is 0. The van der Waals surface area contributed by atoms with E-state index in [1.165, 1.54) is 0 Å². The monoisotopic (exact) mass is 540 g/mol. The Labute approximate surface area is 229 Å². The van der Waals surface area contributed by atoms with Gasteiger partial charge >= 0.3 is 0 Å². The maximum Gasteiger partial charge on any atom is 0.264 e. The predicted octanol–water partition coefficient (Wildman–Crippen LogP) is 3.27. The van der Waals surface area contributed by atoms with E-state index in [1.807, 2.05) is 30.5 Å². The number of nitrogens with two attached hydrogens (primary N) is 1. The van der Waals surface area contributed by atoms with Gasteiger partial charge in [0.2, 0.25) is 11.4 Å². The topological polar surface area (TPSA) is 113 Å². The summed E-state index contributed by atoms with van der Waals surface area (Å²) < 4.78 is 0. The van der Waals surface area contributed by atoms with E-state index in [1.54, 1.807) is 21.6 Å². The Balaban J connectivity index is 1.49. The molecule has 0 bridgehead atoms. The molecular weight excluding hydrogens is 500 g/mol. The number of amides is 3. The van der Waals surface area contributed by atoms with Gasteiger partial charge < -0.3 is 20.9 Å². The van der Waals surface area contributed by atoms with Gasteiger partial charge in [0.25, 0.3) is 11.8 Å². The quantitative estimate of drug-likeness (QED) is 0.394. The molecule has 3 saturated carbocycles. The minimum absolute atomic E-state index is 0.207. The molecule has 0 aromatic heterocycles. The van der Waals surface area contributed by atoms with Crippen LogP contribution in [0.3, 0.4) is 0 Å². The summed E-state index contributed by atoms with van der Waals surface area (Å²) in [4.78, 5) is 58.9. The lowest BCUT2D eigenvalue weighted by Gasteiger charge is -2.33. The Morgan fingerprint density at radius 3 is 1.95 bits per heavy atom. The molecule has 1 heterocycles. The molecule has 1 aliphatic heterocycles. The van der Waals surface area contributed by atoms with Crippen molar-refractivity contribution in [3.8, 4) is 0 Å². The summed E-state index contributed by atoms with van der Waals surface area (Å²) in [6.45, 7) is 0.853. The van der Waals surface area contributed by atoms with Crippen molar-refractivity contribution in [1.29, 1.82) is 0 Å². The fraction of sp³-hybridized carbons (Fsp3) is 0.655. The highest BCUT2D eigenvalue weighted by molar-refractivity contribution is 7.98. The second kappa shape index (κ2) is 11.4. The third kappa shape index (κ3) is 5.64. The van der Waals surface area contributed by atoms with Crippen molar-refractivity contribution in [2.45, 2.75) is 75.8 Å². The summed E-state index contributed by atoms with van der Waals surface area (Å²) in [5.74, 6) is -0.691. The van der Waals surface area contributed by atoms with Crippen molar-refractivity contribution in [1.82, 2.24) is 5.32 Å². The average Bonchev–Trinajstić information content (AvgIpc) is 3.86. The lowest BCUT2D eigenvalue weighted by atomic mass is 9.85. The third-order valence-electron chi connectivity index (χ3n) is 8.50. The highest BCUT2D eigenvalue weighted by atomic mass is 32.2. The highest BCUT2D eigenvalue weighted by Gasteiger charge is 2.58. The van der Waals surface area contributed by atoms with Gasteiger partial charge in [0.15, 0.2) is 5.78 Å². The molecule has 3 N–H and O–H groups in total. The van der Waals surface area contributed by atoms with Crippen molar-refractivity contribution in [2.75, 3.05) is 34.9 Å². The van der Waals surface area contributed by atoms with Crippen molar-refractivity contribution in [3.05, 3.63) is 24.3 Å². The van der Waals surface area contributed by atoms with E-state index < -0.39 is 29.2 Å². The summed E-state index contributed by atoms with van der Waals surface area (Å²) in [6.07, 6.45) is 10.9. The number of carbonyl (C=O) groups is 4. The van der Waals surface area contributed by atoms with Crippen LogP contribution in [0.2, 0.25) is 0 Å². The Morgan fingerprint density at radius 2 is 1.47 bits per heavy atom. The number of carbonyl (C=O) groups excluding carboxylic acids is 4. The SMILES string of the molecule is CSCC[C@H](NC(=O)CC1CCCC1)C(=O)C1(N)C(=O)N(CC2CC2)c2ccccc2N(CC2CC2)C1=O. The first-order chi connectivity index (χ1) is 18.3. The Hall–Kier alpha value is -2.39. The Kier molecular flexibility index (Phi) is 8.14. The average molecular weight is 541 g/mol. The third-order valence-corrected chi connectivity index (χ3v) is 9.15. The van der Waals surface area contributed by atoms with Crippen LogP contribution >= 0.6 is 11.8 Å². The van der Waals surface area contributed by atoms with Crippen LogP contribution in [-0.4, -0.2) is 60.2 Å². The molecule has 1 aromatic carbocycles. The molecule has 0 radical (unpaired) electrons. The zero-order valence-corrected chi connectivity index (χ0v) is 23.1.